The molecular weight excluding hydrogens is 318 g/mol. The fourth-order valence-electron chi connectivity index (χ4n) is 3.04. The SMILES string of the molecule is Cn1cc(-c2cc3c([nH]2)c(=O)n(C2=CC=C2)c(=O)n3C2=CC=C2)cn1. The average molecular weight is 331 g/mol. The summed E-state index contributed by atoms with van der Waals surface area (Å²) in [4.78, 5) is 29.0. The predicted molar refractivity (Wildman–Crippen MR) is 95.8 cm³/mol. The van der Waals surface area contributed by atoms with E-state index in [1.54, 1.807) is 33.7 Å². The highest BCUT2D eigenvalue weighted by Gasteiger charge is 2.21. The van der Waals surface area contributed by atoms with Crippen LogP contribution in [-0.4, -0.2) is 23.9 Å². The predicted octanol–water partition coefficient (Wildman–Crippen LogP) is 1.71. The van der Waals surface area contributed by atoms with E-state index in [9.17, 15) is 9.59 Å². The quantitative estimate of drug-likeness (QED) is 0.794. The van der Waals surface area contributed by atoms with E-state index < -0.39 is 0 Å². The molecular formula is C18H13N5O2. The Hall–Kier alpha value is -3.61. The minimum absolute atomic E-state index is 0.356. The van der Waals surface area contributed by atoms with Crippen LogP contribution in [0.3, 0.4) is 0 Å². The average Bonchev–Trinajstić information content (AvgIpc) is 3.10. The summed E-state index contributed by atoms with van der Waals surface area (Å²) in [6.07, 6.45) is 14.4. The van der Waals surface area contributed by atoms with Gasteiger partial charge in [0.25, 0.3) is 5.56 Å². The van der Waals surface area contributed by atoms with Crippen molar-refractivity contribution in [3.05, 3.63) is 75.8 Å². The summed E-state index contributed by atoms with van der Waals surface area (Å²) in [5.74, 6) is 0. The highest BCUT2D eigenvalue weighted by Crippen LogP contribution is 2.25. The minimum atomic E-state index is -0.375. The monoisotopic (exact) mass is 331 g/mol. The first kappa shape index (κ1) is 13.8. The normalized spacial score (nSPS) is 15.1. The van der Waals surface area contributed by atoms with Crippen molar-refractivity contribution >= 4 is 22.4 Å². The number of aryl methyl sites for hydroxylation is 1. The van der Waals surface area contributed by atoms with Crippen LogP contribution in [0.15, 0.2) is 64.5 Å². The van der Waals surface area contributed by atoms with Crippen molar-refractivity contribution in [1.82, 2.24) is 23.9 Å². The molecule has 0 aromatic carbocycles. The van der Waals surface area contributed by atoms with Crippen molar-refractivity contribution in [2.24, 2.45) is 7.05 Å². The minimum Gasteiger partial charge on any atom is -0.349 e. The largest absolute Gasteiger partial charge is 0.349 e. The van der Waals surface area contributed by atoms with Gasteiger partial charge in [-0.1, -0.05) is 12.2 Å². The highest BCUT2D eigenvalue weighted by molar-refractivity contribution is 5.87. The molecule has 0 aliphatic heterocycles. The van der Waals surface area contributed by atoms with Crippen LogP contribution < -0.4 is 11.2 Å². The molecule has 0 bridgehead atoms. The molecule has 7 heteroatoms. The van der Waals surface area contributed by atoms with Crippen LogP contribution in [0.5, 0.6) is 0 Å². The Balaban J connectivity index is 1.87. The molecule has 2 aliphatic carbocycles. The van der Waals surface area contributed by atoms with Crippen molar-refractivity contribution in [3.63, 3.8) is 0 Å². The van der Waals surface area contributed by atoms with E-state index in [4.69, 9.17) is 0 Å². The molecule has 7 nitrogen and oxygen atoms in total. The molecule has 3 heterocycles. The third-order valence-electron chi connectivity index (χ3n) is 4.44. The number of allylic oxidation sites excluding steroid dienone is 8. The summed E-state index contributed by atoms with van der Waals surface area (Å²) in [6, 6.07) is 1.82. The van der Waals surface area contributed by atoms with Crippen LogP contribution in [0.25, 0.3) is 33.7 Å². The molecule has 1 N–H and O–H groups in total. The molecule has 0 spiro atoms. The first-order chi connectivity index (χ1) is 12.1. The molecule has 0 saturated heterocycles. The molecule has 0 amide bonds. The molecule has 0 radical (unpaired) electrons. The lowest BCUT2D eigenvalue weighted by molar-refractivity contribution is 0.768. The number of nitrogens with zero attached hydrogens (tertiary/aromatic N) is 4. The van der Waals surface area contributed by atoms with Gasteiger partial charge in [0.05, 0.1) is 28.8 Å². The summed E-state index contributed by atoms with van der Waals surface area (Å²) in [7, 11) is 1.83. The smallest absolute Gasteiger partial charge is 0.340 e. The third-order valence-corrected chi connectivity index (χ3v) is 4.44. The van der Waals surface area contributed by atoms with Crippen LogP contribution >= 0.6 is 0 Å². The highest BCUT2D eigenvalue weighted by atomic mass is 16.2. The van der Waals surface area contributed by atoms with Gasteiger partial charge in [-0.25, -0.2) is 9.36 Å². The second-order valence-corrected chi connectivity index (χ2v) is 6.01. The van der Waals surface area contributed by atoms with Gasteiger partial charge < -0.3 is 4.98 Å². The van der Waals surface area contributed by atoms with E-state index in [2.05, 4.69) is 10.1 Å². The molecule has 0 saturated carbocycles. The Morgan fingerprint density at radius 3 is 2.28 bits per heavy atom. The van der Waals surface area contributed by atoms with Crippen LogP contribution in [-0.2, 0) is 7.05 Å². The zero-order valence-corrected chi connectivity index (χ0v) is 13.3. The van der Waals surface area contributed by atoms with E-state index >= 15 is 0 Å². The number of hydrogen-bond donors (Lipinski definition) is 1. The van der Waals surface area contributed by atoms with Crippen LogP contribution in [0.2, 0.25) is 0 Å². The van der Waals surface area contributed by atoms with E-state index in [-0.39, 0.29) is 11.2 Å². The topological polar surface area (TPSA) is 77.6 Å². The van der Waals surface area contributed by atoms with E-state index in [1.165, 1.54) is 4.57 Å². The summed E-state index contributed by atoms with van der Waals surface area (Å²) < 4.78 is 4.44. The Bertz CT molecular complexity index is 1290. The molecule has 0 atom stereocenters. The number of H-pyrrole nitrogens is 1. The number of aromatic nitrogens is 5. The summed E-state index contributed by atoms with van der Waals surface area (Å²) in [5.41, 5.74) is 3.16. The molecule has 25 heavy (non-hydrogen) atoms. The lowest BCUT2D eigenvalue weighted by Gasteiger charge is -2.16. The molecule has 0 fully saturated rings. The van der Waals surface area contributed by atoms with E-state index in [0.717, 1.165) is 17.0 Å². The van der Waals surface area contributed by atoms with Crippen LogP contribution in [0.1, 0.15) is 0 Å². The van der Waals surface area contributed by atoms with Crippen molar-refractivity contribution in [2.45, 2.75) is 0 Å². The maximum Gasteiger partial charge on any atom is 0.340 e. The van der Waals surface area contributed by atoms with Gasteiger partial charge >= 0.3 is 5.69 Å². The number of rotatable bonds is 3. The fraction of sp³-hybridized carbons (Fsp3) is 0.0556. The molecule has 0 unspecified atom stereocenters. The lowest BCUT2D eigenvalue weighted by Crippen LogP contribution is -2.39. The van der Waals surface area contributed by atoms with E-state index in [1.807, 2.05) is 37.5 Å². The Morgan fingerprint density at radius 2 is 1.72 bits per heavy atom. The Kier molecular flexibility index (Phi) is 2.59. The van der Waals surface area contributed by atoms with Gasteiger partial charge in [0.15, 0.2) is 0 Å². The zero-order valence-electron chi connectivity index (χ0n) is 13.3. The van der Waals surface area contributed by atoms with Gasteiger partial charge in [-0.15, -0.1) is 0 Å². The molecule has 122 valence electrons. The van der Waals surface area contributed by atoms with Gasteiger partial charge in [0, 0.05) is 18.8 Å². The first-order valence-electron chi connectivity index (χ1n) is 7.81. The van der Waals surface area contributed by atoms with Crippen molar-refractivity contribution in [2.75, 3.05) is 0 Å². The standard InChI is InChI=1S/C18H13N5O2/c1-21-10-11(9-19-21)14-8-15-16(20-14)17(24)23(13-6-3-7-13)18(25)22(15)12-4-2-5-12/h2-10,20H,1H3. The second-order valence-electron chi connectivity index (χ2n) is 6.01. The van der Waals surface area contributed by atoms with Gasteiger partial charge in [0.2, 0.25) is 0 Å². The Morgan fingerprint density at radius 1 is 1.04 bits per heavy atom. The number of fused-ring (bicyclic) bond motifs is 1. The Labute approximate surface area is 141 Å². The van der Waals surface area contributed by atoms with Gasteiger partial charge in [-0.05, 0) is 30.4 Å². The molecule has 3 aromatic heterocycles. The van der Waals surface area contributed by atoms with Crippen molar-refractivity contribution < 1.29 is 0 Å². The van der Waals surface area contributed by atoms with E-state index in [0.29, 0.717) is 16.7 Å². The third kappa shape index (κ3) is 1.83. The van der Waals surface area contributed by atoms with Gasteiger partial charge in [-0.2, -0.15) is 5.10 Å². The summed E-state index contributed by atoms with van der Waals surface area (Å²) in [6.45, 7) is 0. The molecule has 2 aliphatic rings. The van der Waals surface area contributed by atoms with Crippen molar-refractivity contribution in [1.29, 1.82) is 0 Å². The molecule has 5 rings (SSSR count). The molecule has 3 aromatic rings. The summed E-state index contributed by atoms with van der Waals surface area (Å²) in [5, 5.41) is 4.16. The maximum absolute atomic E-state index is 13.0. The van der Waals surface area contributed by atoms with Crippen LogP contribution in [0.4, 0.5) is 0 Å². The first-order valence-corrected chi connectivity index (χ1v) is 7.81. The number of aromatic amines is 1. The van der Waals surface area contributed by atoms with Gasteiger partial charge in [0.1, 0.15) is 5.52 Å². The summed E-state index contributed by atoms with van der Waals surface area (Å²) >= 11 is 0. The number of nitrogens with one attached hydrogen (secondary N) is 1. The van der Waals surface area contributed by atoms with Crippen LogP contribution in [0, 0.1) is 0 Å². The zero-order chi connectivity index (χ0) is 17.1. The maximum atomic E-state index is 13.0. The van der Waals surface area contributed by atoms with Crippen molar-refractivity contribution in [3.8, 4) is 11.3 Å². The second kappa shape index (κ2) is 4.70. The van der Waals surface area contributed by atoms with Gasteiger partial charge in [-0.3, -0.25) is 14.0 Å². The fourth-order valence-corrected chi connectivity index (χ4v) is 3.04. The number of hydrogen-bond acceptors (Lipinski definition) is 3. The lowest BCUT2D eigenvalue weighted by atomic mass is 10.2.